The van der Waals surface area contributed by atoms with E-state index >= 15 is 0 Å². The zero-order valence-corrected chi connectivity index (χ0v) is 23.5. The number of aliphatic hydroxyl groups excluding tert-OH is 1. The van der Waals surface area contributed by atoms with E-state index < -0.39 is 59.0 Å². The van der Waals surface area contributed by atoms with Gasteiger partial charge in [0.2, 0.25) is 11.3 Å². The highest BCUT2D eigenvalue weighted by atomic mass is 16.6. The third-order valence-electron chi connectivity index (χ3n) is 4.96. The van der Waals surface area contributed by atoms with Crippen molar-refractivity contribution in [3.8, 4) is 0 Å². The molecule has 12 nitrogen and oxygen atoms in total. The largest absolute Gasteiger partial charge is 0.467 e. The molecule has 0 saturated carbocycles. The van der Waals surface area contributed by atoms with E-state index in [4.69, 9.17) is 18.9 Å². The molecular formula is C26H36N2O10. The van der Waals surface area contributed by atoms with Crippen molar-refractivity contribution < 1.29 is 48.0 Å². The molecule has 2 rings (SSSR count). The van der Waals surface area contributed by atoms with E-state index in [1.807, 2.05) is 0 Å². The van der Waals surface area contributed by atoms with Gasteiger partial charge in [-0.15, -0.1) is 0 Å². The first-order chi connectivity index (χ1) is 17.2. The fraction of sp³-hybridized carbons (Fsp3) is 0.577. The lowest BCUT2D eigenvalue weighted by molar-refractivity contribution is -0.146. The van der Waals surface area contributed by atoms with Crippen molar-refractivity contribution in [3.05, 3.63) is 23.8 Å². The van der Waals surface area contributed by atoms with E-state index in [9.17, 15) is 29.1 Å². The monoisotopic (exact) mass is 536 g/mol. The highest BCUT2D eigenvalue weighted by molar-refractivity contribution is 6.30. The van der Waals surface area contributed by atoms with Crippen molar-refractivity contribution in [2.75, 3.05) is 23.5 Å². The number of hydrogen-bond donors (Lipinski definition) is 1. The lowest BCUT2D eigenvalue weighted by atomic mass is 9.93. The van der Waals surface area contributed by atoms with Gasteiger partial charge in [0.05, 0.1) is 25.1 Å². The number of anilines is 2. The molecule has 1 aromatic carbocycles. The van der Waals surface area contributed by atoms with Gasteiger partial charge >= 0.3 is 24.2 Å². The van der Waals surface area contributed by atoms with Gasteiger partial charge in [0, 0.05) is 5.56 Å². The summed E-state index contributed by atoms with van der Waals surface area (Å²) in [6, 6.07) is 3.64. The summed E-state index contributed by atoms with van der Waals surface area (Å²) in [6.07, 6.45) is -3.25. The van der Waals surface area contributed by atoms with Gasteiger partial charge in [-0.05, 0) is 80.5 Å². The number of rotatable bonds is 3. The van der Waals surface area contributed by atoms with Crippen molar-refractivity contribution in [1.29, 1.82) is 0 Å². The van der Waals surface area contributed by atoms with Crippen LogP contribution in [0.2, 0.25) is 0 Å². The highest BCUT2D eigenvalue weighted by Crippen LogP contribution is 2.42. The maximum atomic E-state index is 13.6. The van der Waals surface area contributed by atoms with Crippen LogP contribution in [0.15, 0.2) is 18.2 Å². The van der Waals surface area contributed by atoms with E-state index in [-0.39, 0.29) is 16.9 Å². The Balaban J connectivity index is 2.75. The zero-order valence-electron chi connectivity index (χ0n) is 23.5. The molecule has 0 fully saturated rings. The minimum Gasteiger partial charge on any atom is -0.467 e. The van der Waals surface area contributed by atoms with Crippen LogP contribution >= 0.6 is 0 Å². The predicted octanol–water partition coefficient (Wildman–Crippen LogP) is 4.21. The molecule has 0 saturated heterocycles. The molecule has 38 heavy (non-hydrogen) atoms. The second-order valence-electron chi connectivity index (χ2n) is 11.7. The van der Waals surface area contributed by atoms with Crippen molar-refractivity contribution >= 4 is 41.4 Å². The predicted molar refractivity (Wildman–Crippen MR) is 136 cm³/mol. The number of imide groups is 1. The quantitative estimate of drug-likeness (QED) is 0.338. The molecule has 0 aliphatic carbocycles. The maximum Gasteiger partial charge on any atom is 0.424 e. The van der Waals surface area contributed by atoms with Crippen molar-refractivity contribution in [3.63, 3.8) is 0 Å². The van der Waals surface area contributed by atoms with Crippen molar-refractivity contribution in [2.24, 2.45) is 0 Å². The van der Waals surface area contributed by atoms with E-state index in [1.165, 1.54) is 12.1 Å². The van der Waals surface area contributed by atoms with Gasteiger partial charge in [0.1, 0.15) is 16.8 Å². The van der Waals surface area contributed by atoms with Crippen LogP contribution < -0.4 is 9.80 Å². The molecule has 1 atom stereocenters. The third kappa shape index (κ3) is 6.24. The molecule has 12 heteroatoms. The number of methoxy groups -OCH3 is 1. The number of esters is 1. The number of Topliss-reactive ketones (excluding diaryl/α,β-unsaturated/α-hetero) is 1. The smallest absolute Gasteiger partial charge is 0.424 e. The first kappa shape index (κ1) is 30.6. The molecule has 0 radical (unpaired) electrons. The van der Waals surface area contributed by atoms with Crippen molar-refractivity contribution in [2.45, 2.75) is 84.7 Å². The van der Waals surface area contributed by atoms with Crippen LogP contribution in [-0.2, 0) is 23.7 Å². The lowest BCUT2D eigenvalue weighted by Gasteiger charge is -2.34. The molecule has 3 amide bonds. The van der Waals surface area contributed by atoms with Crippen LogP contribution in [0.3, 0.4) is 0 Å². The molecule has 1 N–H and O–H groups in total. The molecular weight excluding hydrogens is 500 g/mol. The van der Waals surface area contributed by atoms with Crippen LogP contribution in [0, 0.1) is 0 Å². The Morgan fingerprint density at radius 1 is 0.868 bits per heavy atom. The summed E-state index contributed by atoms with van der Waals surface area (Å²) in [6.45, 7) is 13.3. The molecule has 1 aliphatic heterocycles. The van der Waals surface area contributed by atoms with Gasteiger partial charge in [0.25, 0.3) is 0 Å². The SMILES string of the molecule is COC(=O)C1(CO)C(=O)c2cc(N(C(=O)OC(C)(C)C)C(=O)OC(C)(C)C)ccc2N1C(=O)OC(C)(C)C. The number of carbonyl (C=O) groups excluding carboxylic acids is 5. The Morgan fingerprint density at radius 3 is 1.74 bits per heavy atom. The van der Waals surface area contributed by atoms with Gasteiger partial charge in [-0.1, -0.05) is 0 Å². The second-order valence-corrected chi connectivity index (χ2v) is 11.7. The third-order valence-corrected chi connectivity index (χ3v) is 4.96. The average molecular weight is 537 g/mol. The Kier molecular flexibility index (Phi) is 8.23. The normalized spacial score (nSPS) is 17.4. The second kappa shape index (κ2) is 10.2. The number of fused-ring (bicyclic) bond motifs is 1. The van der Waals surface area contributed by atoms with Gasteiger partial charge < -0.3 is 24.1 Å². The number of amides is 3. The van der Waals surface area contributed by atoms with Crippen LogP contribution in [-0.4, -0.2) is 71.2 Å². The minimum atomic E-state index is -2.49. The summed E-state index contributed by atoms with van der Waals surface area (Å²) in [4.78, 5) is 67.1. The number of aliphatic hydroxyl groups is 1. The first-order valence-corrected chi connectivity index (χ1v) is 11.9. The summed E-state index contributed by atoms with van der Waals surface area (Å²) in [5.41, 5.74) is -5.93. The molecule has 1 aromatic rings. The summed E-state index contributed by atoms with van der Waals surface area (Å²) >= 11 is 0. The van der Waals surface area contributed by atoms with E-state index in [2.05, 4.69) is 0 Å². The Labute approximate surface area is 221 Å². The standard InChI is InChI=1S/C26H36N2O10/c1-23(2,3)36-20(32)27(21(33)37-24(4,5)6)15-11-12-17-16(13-15)18(30)26(14-29,19(31)35-10)28(17)22(34)38-25(7,8)9/h11-13,29H,14H2,1-10H3. The van der Waals surface area contributed by atoms with Gasteiger partial charge in [-0.2, -0.15) is 4.90 Å². The van der Waals surface area contributed by atoms with E-state index in [0.717, 1.165) is 18.1 Å². The Hall–Kier alpha value is -3.67. The number of carbonyl (C=O) groups is 5. The highest BCUT2D eigenvalue weighted by Gasteiger charge is 2.61. The number of hydrogen-bond acceptors (Lipinski definition) is 10. The summed E-state index contributed by atoms with van der Waals surface area (Å²) in [5.74, 6) is -2.20. The summed E-state index contributed by atoms with van der Waals surface area (Å²) in [7, 11) is 1.00. The maximum absolute atomic E-state index is 13.6. The molecule has 0 spiro atoms. The fourth-order valence-electron chi connectivity index (χ4n) is 3.59. The summed E-state index contributed by atoms with van der Waals surface area (Å²) in [5, 5.41) is 10.3. The topological polar surface area (TPSA) is 149 Å². The molecule has 210 valence electrons. The Morgan fingerprint density at radius 2 is 1.34 bits per heavy atom. The molecule has 0 aromatic heterocycles. The molecule has 1 unspecified atom stereocenters. The fourth-order valence-corrected chi connectivity index (χ4v) is 3.59. The number of ether oxygens (including phenoxy) is 4. The van der Waals surface area contributed by atoms with Gasteiger partial charge in [-0.3, -0.25) is 9.69 Å². The van der Waals surface area contributed by atoms with Crippen LogP contribution in [0.4, 0.5) is 25.8 Å². The van der Waals surface area contributed by atoms with Crippen LogP contribution in [0.5, 0.6) is 0 Å². The molecule has 1 heterocycles. The van der Waals surface area contributed by atoms with Crippen molar-refractivity contribution in [1.82, 2.24) is 0 Å². The molecule has 0 bridgehead atoms. The minimum absolute atomic E-state index is 0.0965. The number of ketones is 1. The Bertz CT molecular complexity index is 1110. The van der Waals surface area contributed by atoms with Gasteiger partial charge in [0.15, 0.2) is 0 Å². The van der Waals surface area contributed by atoms with Crippen LogP contribution in [0.1, 0.15) is 72.7 Å². The van der Waals surface area contributed by atoms with Gasteiger partial charge in [-0.25, -0.2) is 19.2 Å². The number of benzene rings is 1. The summed E-state index contributed by atoms with van der Waals surface area (Å²) < 4.78 is 20.9. The molecule has 1 aliphatic rings. The van der Waals surface area contributed by atoms with E-state index in [0.29, 0.717) is 4.90 Å². The number of nitrogens with zero attached hydrogens (tertiary/aromatic N) is 2. The van der Waals surface area contributed by atoms with E-state index in [1.54, 1.807) is 62.3 Å². The average Bonchev–Trinajstić information content (AvgIpc) is 2.98. The zero-order chi connectivity index (χ0) is 29.4. The first-order valence-electron chi connectivity index (χ1n) is 11.9. The lowest BCUT2D eigenvalue weighted by Crippen LogP contribution is -2.62. The van der Waals surface area contributed by atoms with Crippen LogP contribution in [0.25, 0.3) is 0 Å².